The number of urea groups is 1. The van der Waals surface area contributed by atoms with Crippen molar-refractivity contribution in [3.8, 4) is 12.1 Å². The van der Waals surface area contributed by atoms with Crippen LogP contribution in [0.25, 0.3) is 0 Å². The number of alkyl halides is 1. The second-order valence-corrected chi connectivity index (χ2v) is 10.1. The second-order valence-electron chi connectivity index (χ2n) is 7.59. The molecular weight excluding hydrogens is 431 g/mol. The molecule has 1 atom stereocenters. The van der Waals surface area contributed by atoms with Gasteiger partial charge in [0.15, 0.2) is 9.84 Å². The van der Waals surface area contributed by atoms with E-state index >= 15 is 0 Å². The molecule has 2 aromatic rings. The maximum Gasteiger partial charge on any atom is 0.327 e. The van der Waals surface area contributed by atoms with Crippen molar-refractivity contribution in [2.45, 2.75) is 43.6 Å². The number of sulfone groups is 1. The van der Waals surface area contributed by atoms with Gasteiger partial charge >= 0.3 is 6.03 Å². The Morgan fingerprint density at radius 1 is 1.16 bits per heavy atom. The van der Waals surface area contributed by atoms with Crippen LogP contribution < -0.4 is 10.2 Å². The number of allylic oxidation sites excluding steroid dienone is 1. The van der Waals surface area contributed by atoms with E-state index in [4.69, 9.17) is 0 Å². The third-order valence-corrected chi connectivity index (χ3v) is 7.52. The van der Waals surface area contributed by atoms with Gasteiger partial charge in [0.1, 0.15) is 6.67 Å². The zero-order chi connectivity index (χ0) is 23.6. The van der Waals surface area contributed by atoms with Crippen molar-refractivity contribution < 1.29 is 17.6 Å². The number of hydrogen-bond acceptors (Lipinski definition) is 5. The van der Waals surface area contributed by atoms with Gasteiger partial charge in [-0.25, -0.2) is 17.6 Å². The molecule has 0 fully saturated rings. The first-order valence-corrected chi connectivity index (χ1v) is 11.3. The predicted octanol–water partition coefficient (Wildman–Crippen LogP) is 4.28. The topological polar surface area (TPSA) is 114 Å². The highest BCUT2D eigenvalue weighted by Gasteiger charge is 2.36. The van der Waals surface area contributed by atoms with E-state index < -0.39 is 33.8 Å². The number of benzene rings is 2. The van der Waals surface area contributed by atoms with Crippen LogP contribution in [0.15, 0.2) is 58.6 Å². The fraction of sp³-hybridized carbons (Fsp3) is 0.261. The van der Waals surface area contributed by atoms with Gasteiger partial charge in [-0.3, -0.25) is 4.90 Å². The average molecular weight is 453 g/mol. The Kier molecular flexibility index (Phi) is 6.33. The largest absolute Gasteiger partial charge is 0.327 e. The van der Waals surface area contributed by atoms with Gasteiger partial charge < -0.3 is 5.32 Å². The molecule has 2 aromatic carbocycles. The number of carbonyl (C=O) groups is 1. The number of anilines is 1. The summed E-state index contributed by atoms with van der Waals surface area (Å²) in [6.45, 7) is 3.90. The summed E-state index contributed by atoms with van der Waals surface area (Å²) in [4.78, 5) is 14.2. The predicted molar refractivity (Wildman–Crippen MR) is 117 cm³/mol. The zero-order valence-corrected chi connectivity index (χ0v) is 18.6. The van der Waals surface area contributed by atoms with Gasteiger partial charge in [-0.1, -0.05) is 18.2 Å². The van der Waals surface area contributed by atoms with Gasteiger partial charge in [0, 0.05) is 5.70 Å². The summed E-state index contributed by atoms with van der Waals surface area (Å²) in [5.74, 6) is 0. The molecule has 0 aromatic heterocycles. The Bertz CT molecular complexity index is 1300. The lowest BCUT2D eigenvalue weighted by Crippen LogP contribution is -2.46. The lowest BCUT2D eigenvalue weighted by molar-refractivity contribution is 0.243. The van der Waals surface area contributed by atoms with Crippen LogP contribution in [-0.4, -0.2) is 19.7 Å². The normalized spacial score (nSPS) is 16.5. The lowest BCUT2D eigenvalue weighted by atomic mass is 9.94. The molecule has 0 bridgehead atoms. The van der Waals surface area contributed by atoms with Crippen molar-refractivity contribution in [2.75, 3.05) is 4.90 Å². The molecular formula is C23H21FN4O3S. The lowest BCUT2D eigenvalue weighted by Gasteiger charge is -2.34. The molecule has 7 nitrogen and oxygen atoms in total. The van der Waals surface area contributed by atoms with Gasteiger partial charge in [-0.2, -0.15) is 10.5 Å². The van der Waals surface area contributed by atoms with Crippen LogP contribution in [-0.2, 0) is 16.5 Å². The van der Waals surface area contributed by atoms with Crippen molar-refractivity contribution in [3.63, 3.8) is 0 Å². The highest BCUT2D eigenvalue weighted by Crippen LogP contribution is 2.37. The Morgan fingerprint density at radius 3 is 2.47 bits per heavy atom. The molecule has 164 valence electrons. The van der Waals surface area contributed by atoms with E-state index in [9.17, 15) is 28.1 Å². The van der Waals surface area contributed by atoms with Crippen LogP contribution in [0, 0.1) is 22.7 Å². The summed E-state index contributed by atoms with van der Waals surface area (Å²) in [6, 6.07) is 12.9. The maximum absolute atomic E-state index is 13.1. The monoisotopic (exact) mass is 452 g/mol. The van der Waals surface area contributed by atoms with Crippen LogP contribution in [0.5, 0.6) is 0 Å². The van der Waals surface area contributed by atoms with Crippen molar-refractivity contribution >= 4 is 21.6 Å². The van der Waals surface area contributed by atoms with Crippen LogP contribution in [0.2, 0.25) is 0 Å². The Labute approximate surface area is 186 Å². The second kappa shape index (κ2) is 8.81. The molecule has 1 heterocycles. The van der Waals surface area contributed by atoms with Crippen LogP contribution in [0.3, 0.4) is 0 Å². The van der Waals surface area contributed by atoms with Crippen LogP contribution in [0.4, 0.5) is 14.9 Å². The molecule has 1 aliphatic rings. The van der Waals surface area contributed by atoms with Crippen LogP contribution >= 0.6 is 0 Å². The van der Waals surface area contributed by atoms with Crippen LogP contribution in [0.1, 0.15) is 43.5 Å². The Hall–Kier alpha value is -3.69. The quantitative estimate of drug-likeness (QED) is 0.727. The first-order chi connectivity index (χ1) is 15.1. The van der Waals surface area contributed by atoms with E-state index in [2.05, 4.69) is 11.4 Å². The third-order valence-electron chi connectivity index (χ3n) is 5.31. The molecule has 0 aliphatic carbocycles. The SMILES string of the molecule is CC1=C(C#N)[C@@H](c2ccc(C#N)cc2S(=O)(=O)C(C)C)NC(=O)N1c1cccc(CF)c1. The average Bonchev–Trinajstić information content (AvgIpc) is 2.78. The number of nitriles is 2. The smallest absolute Gasteiger partial charge is 0.326 e. The number of nitrogens with zero attached hydrogens (tertiary/aromatic N) is 3. The minimum atomic E-state index is -3.82. The molecule has 0 unspecified atom stereocenters. The molecule has 0 saturated heterocycles. The van der Waals surface area contributed by atoms with Crippen molar-refractivity contribution in [1.29, 1.82) is 10.5 Å². The minimum absolute atomic E-state index is 0.106. The fourth-order valence-corrected chi connectivity index (χ4v) is 4.87. The van der Waals surface area contributed by atoms with Gasteiger partial charge in [-0.05, 0) is 56.2 Å². The van der Waals surface area contributed by atoms with Gasteiger partial charge in [0.25, 0.3) is 0 Å². The van der Waals surface area contributed by atoms with Gasteiger partial charge in [-0.15, -0.1) is 0 Å². The minimum Gasteiger partial charge on any atom is -0.326 e. The molecule has 1 N–H and O–H groups in total. The number of rotatable bonds is 5. The zero-order valence-electron chi connectivity index (χ0n) is 17.8. The van der Waals surface area contributed by atoms with E-state index in [1.165, 1.54) is 43.0 Å². The molecule has 0 saturated carbocycles. The first kappa shape index (κ1) is 23.0. The van der Waals surface area contributed by atoms with Crippen molar-refractivity contribution in [1.82, 2.24) is 5.32 Å². The molecule has 0 spiro atoms. The fourth-order valence-electron chi connectivity index (χ4n) is 3.55. The number of hydrogen-bond donors (Lipinski definition) is 1. The van der Waals surface area contributed by atoms with E-state index in [1.807, 2.05) is 6.07 Å². The van der Waals surface area contributed by atoms with E-state index in [0.29, 0.717) is 16.9 Å². The van der Waals surface area contributed by atoms with Crippen molar-refractivity contribution in [2.24, 2.45) is 0 Å². The molecule has 32 heavy (non-hydrogen) atoms. The summed E-state index contributed by atoms with van der Waals surface area (Å²) < 4.78 is 39.1. The summed E-state index contributed by atoms with van der Waals surface area (Å²) in [7, 11) is -3.82. The number of carbonyl (C=O) groups excluding carboxylic acids is 1. The summed E-state index contributed by atoms with van der Waals surface area (Å²) in [6.07, 6.45) is 0. The molecule has 2 amide bonds. The van der Waals surface area contributed by atoms with E-state index in [-0.39, 0.29) is 21.6 Å². The summed E-state index contributed by atoms with van der Waals surface area (Å²) >= 11 is 0. The van der Waals surface area contributed by atoms with E-state index in [1.54, 1.807) is 25.1 Å². The summed E-state index contributed by atoms with van der Waals surface area (Å²) in [5.41, 5.74) is 1.56. The van der Waals surface area contributed by atoms with Gasteiger partial charge in [0.05, 0.1) is 45.1 Å². The third kappa shape index (κ3) is 3.95. The Balaban J connectivity index is 2.21. The molecule has 1 aliphatic heterocycles. The maximum atomic E-state index is 13.1. The van der Waals surface area contributed by atoms with Gasteiger partial charge in [0.2, 0.25) is 0 Å². The Morgan fingerprint density at radius 2 is 1.88 bits per heavy atom. The number of halogens is 1. The first-order valence-electron chi connectivity index (χ1n) is 9.80. The molecule has 9 heteroatoms. The molecule has 0 radical (unpaired) electrons. The highest BCUT2D eigenvalue weighted by molar-refractivity contribution is 7.92. The highest BCUT2D eigenvalue weighted by atomic mass is 32.2. The standard InChI is InChI=1S/C23H21FN4O3S/c1-14(2)32(30,31)21-10-17(12-25)7-8-19(21)22-20(13-26)15(3)28(23(29)27-22)18-6-4-5-16(9-18)11-24/h4-10,14,22H,11H2,1-3H3,(H,27,29)/t22-/m1/s1. The number of nitrogens with one attached hydrogen (secondary N) is 1. The van der Waals surface area contributed by atoms with E-state index in [0.717, 1.165) is 0 Å². The summed E-state index contributed by atoms with van der Waals surface area (Å²) in [5, 5.41) is 21.1. The van der Waals surface area contributed by atoms with Crippen molar-refractivity contribution in [3.05, 3.63) is 70.4 Å². The molecule has 3 rings (SSSR count). The number of amides is 2.